The molecule has 0 saturated carbocycles. The number of rotatable bonds is 5. The highest BCUT2D eigenvalue weighted by molar-refractivity contribution is 5.92. The molecule has 1 aromatic heterocycles. The van der Waals surface area contributed by atoms with Gasteiger partial charge in [0.1, 0.15) is 5.82 Å². The van der Waals surface area contributed by atoms with E-state index in [1.165, 1.54) is 0 Å². The van der Waals surface area contributed by atoms with Crippen molar-refractivity contribution in [1.29, 1.82) is 0 Å². The van der Waals surface area contributed by atoms with E-state index >= 15 is 0 Å². The van der Waals surface area contributed by atoms with E-state index < -0.39 is 0 Å². The van der Waals surface area contributed by atoms with Gasteiger partial charge >= 0.3 is 0 Å². The molecule has 0 radical (unpaired) electrons. The van der Waals surface area contributed by atoms with Gasteiger partial charge in [-0.1, -0.05) is 25.1 Å². The Morgan fingerprint density at radius 2 is 2.00 bits per heavy atom. The molecular weight excluding hydrogens is 290 g/mol. The Morgan fingerprint density at radius 3 is 2.65 bits per heavy atom. The number of carbonyl (C=O) groups is 1. The summed E-state index contributed by atoms with van der Waals surface area (Å²) in [5, 5.41) is 2.98. The van der Waals surface area contributed by atoms with Crippen molar-refractivity contribution in [2.75, 3.05) is 5.32 Å². The number of carbonyl (C=O) groups excluding carboxylic acids is 1. The van der Waals surface area contributed by atoms with Crippen LogP contribution in [0.1, 0.15) is 41.6 Å². The Bertz CT molecular complexity index is 778. The number of nitrogens with zero attached hydrogens (tertiary/aromatic N) is 1. The normalized spacial score (nSPS) is 10.6. The lowest BCUT2D eigenvalue weighted by molar-refractivity contribution is -0.116. The molecule has 0 spiro atoms. The second kappa shape index (κ2) is 7.22. The van der Waals surface area contributed by atoms with E-state index in [-0.39, 0.29) is 17.9 Å². The summed E-state index contributed by atoms with van der Waals surface area (Å²) in [6.45, 7) is 7.58. The molecule has 2 rings (SSSR count). The van der Waals surface area contributed by atoms with Crippen LogP contribution < -0.4 is 10.9 Å². The Kier molecular flexibility index (Phi) is 5.32. The summed E-state index contributed by atoms with van der Waals surface area (Å²) in [5.74, 6) is 0.501. The van der Waals surface area contributed by atoms with Crippen molar-refractivity contribution in [2.45, 2.75) is 47.0 Å². The molecule has 0 atom stereocenters. The van der Waals surface area contributed by atoms with Crippen LogP contribution in [0.15, 0.2) is 23.0 Å². The lowest BCUT2D eigenvalue weighted by Crippen LogP contribution is -2.21. The quantitative estimate of drug-likeness (QED) is 0.891. The van der Waals surface area contributed by atoms with E-state index in [9.17, 15) is 9.59 Å². The molecule has 0 aliphatic carbocycles. The van der Waals surface area contributed by atoms with Crippen molar-refractivity contribution in [3.63, 3.8) is 0 Å². The van der Waals surface area contributed by atoms with Crippen LogP contribution in [0.4, 0.5) is 5.69 Å². The van der Waals surface area contributed by atoms with Gasteiger partial charge in [0.25, 0.3) is 5.56 Å². The summed E-state index contributed by atoms with van der Waals surface area (Å²) < 4.78 is 0. The van der Waals surface area contributed by atoms with Crippen molar-refractivity contribution in [2.24, 2.45) is 0 Å². The van der Waals surface area contributed by atoms with Crippen molar-refractivity contribution in [3.8, 4) is 0 Å². The van der Waals surface area contributed by atoms with E-state index in [1.807, 2.05) is 25.1 Å². The van der Waals surface area contributed by atoms with E-state index in [1.54, 1.807) is 13.8 Å². The Hall–Kier alpha value is -2.43. The molecule has 0 unspecified atom stereocenters. The topological polar surface area (TPSA) is 74.8 Å². The molecule has 2 aromatic rings. The van der Waals surface area contributed by atoms with E-state index in [2.05, 4.69) is 22.2 Å². The first-order valence-corrected chi connectivity index (χ1v) is 7.87. The van der Waals surface area contributed by atoms with Crippen molar-refractivity contribution < 1.29 is 4.79 Å². The fraction of sp³-hybridized carbons (Fsp3) is 0.389. The molecule has 1 heterocycles. The number of aryl methyl sites for hydroxylation is 4. The lowest BCUT2D eigenvalue weighted by Gasteiger charge is -2.13. The molecule has 122 valence electrons. The van der Waals surface area contributed by atoms with Gasteiger partial charge in [0.15, 0.2) is 0 Å². The summed E-state index contributed by atoms with van der Waals surface area (Å²) in [6, 6.07) is 5.99. The first kappa shape index (κ1) is 16.9. The monoisotopic (exact) mass is 313 g/mol. The molecule has 5 nitrogen and oxygen atoms in total. The number of amides is 1. The van der Waals surface area contributed by atoms with Gasteiger partial charge in [0.2, 0.25) is 5.91 Å². The summed E-state index contributed by atoms with van der Waals surface area (Å²) in [4.78, 5) is 31.1. The van der Waals surface area contributed by atoms with E-state index in [0.717, 1.165) is 23.2 Å². The Balaban J connectivity index is 2.09. The number of para-hydroxylation sites is 1. The van der Waals surface area contributed by atoms with Crippen LogP contribution in [0.25, 0.3) is 0 Å². The molecule has 1 aromatic carbocycles. The molecular formula is C18H23N3O2. The van der Waals surface area contributed by atoms with Gasteiger partial charge < -0.3 is 10.3 Å². The number of H-pyrrole nitrogens is 1. The minimum atomic E-state index is -0.159. The van der Waals surface area contributed by atoms with Crippen LogP contribution in [0.2, 0.25) is 0 Å². The van der Waals surface area contributed by atoms with Crippen LogP contribution in [0, 0.1) is 20.8 Å². The van der Waals surface area contributed by atoms with Gasteiger partial charge in [-0.2, -0.15) is 0 Å². The zero-order valence-corrected chi connectivity index (χ0v) is 14.1. The molecule has 0 bridgehead atoms. The Morgan fingerprint density at radius 1 is 1.26 bits per heavy atom. The molecule has 2 N–H and O–H groups in total. The van der Waals surface area contributed by atoms with E-state index in [4.69, 9.17) is 0 Å². The van der Waals surface area contributed by atoms with Crippen LogP contribution in [0.5, 0.6) is 0 Å². The molecule has 5 heteroatoms. The third-order valence-electron chi connectivity index (χ3n) is 3.95. The van der Waals surface area contributed by atoms with Gasteiger partial charge in [-0.25, -0.2) is 4.98 Å². The van der Waals surface area contributed by atoms with Crippen molar-refractivity contribution in [1.82, 2.24) is 9.97 Å². The zero-order chi connectivity index (χ0) is 17.0. The summed E-state index contributed by atoms with van der Waals surface area (Å²) in [7, 11) is 0. The fourth-order valence-corrected chi connectivity index (χ4v) is 2.69. The lowest BCUT2D eigenvalue weighted by atomic mass is 10.1. The third-order valence-corrected chi connectivity index (χ3v) is 3.95. The van der Waals surface area contributed by atoms with Crippen LogP contribution in [0.3, 0.4) is 0 Å². The maximum Gasteiger partial charge on any atom is 0.254 e. The first-order valence-electron chi connectivity index (χ1n) is 7.87. The average Bonchev–Trinajstić information content (AvgIpc) is 2.48. The summed E-state index contributed by atoms with van der Waals surface area (Å²) >= 11 is 0. The number of nitrogens with one attached hydrogen (secondary N) is 2. The molecule has 1 amide bonds. The highest BCUT2D eigenvalue weighted by atomic mass is 16.1. The zero-order valence-electron chi connectivity index (χ0n) is 14.1. The number of aromatic amines is 1. The highest BCUT2D eigenvalue weighted by Gasteiger charge is 2.12. The third kappa shape index (κ3) is 4.06. The minimum Gasteiger partial charge on any atom is -0.326 e. The van der Waals surface area contributed by atoms with Crippen LogP contribution in [-0.2, 0) is 17.6 Å². The smallest absolute Gasteiger partial charge is 0.254 e. The molecule has 0 aliphatic heterocycles. The second-order valence-electron chi connectivity index (χ2n) is 5.73. The number of hydrogen-bond acceptors (Lipinski definition) is 3. The van der Waals surface area contributed by atoms with Gasteiger partial charge in [-0.15, -0.1) is 0 Å². The number of anilines is 1. The highest BCUT2D eigenvalue weighted by Crippen LogP contribution is 2.21. The van der Waals surface area contributed by atoms with E-state index in [0.29, 0.717) is 23.5 Å². The number of aromatic nitrogens is 2. The summed E-state index contributed by atoms with van der Waals surface area (Å²) in [6.07, 6.45) is 1.50. The first-order chi connectivity index (χ1) is 10.9. The van der Waals surface area contributed by atoms with Gasteiger partial charge in [-0.05, 0) is 44.7 Å². The molecule has 0 aliphatic rings. The molecule has 0 fully saturated rings. The number of hydrogen-bond donors (Lipinski definition) is 2. The van der Waals surface area contributed by atoms with Crippen LogP contribution >= 0.6 is 0 Å². The summed E-state index contributed by atoms with van der Waals surface area (Å²) in [5.41, 5.74) is 4.14. The van der Waals surface area contributed by atoms with Crippen molar-refractivity contribution >= 4 is 11.6 Å². The SMILES string of the molecule is CCc1cccc(C)c1NC(=O)CCc1c(C)nc(C)[nH]c1=O. The number of benzene rings is 1. The largest absolute Gasteiger partial charge is 0.326 e. The Labute approximate surface area is 136 Å². The second-order valence-corrected chi connectivity index (χ2v) is 5.73. The predicted molar refractivity (Wildman–Crippen MR) is 91.8 cm³/mol. The molecule has 23 heavy (non-hydrogen) atoms. The molecule has 0 saturated heterocycles. The average molecular weight is 313 g/mol. The maximum atomic E-state index is 12.3. The van der Waals surface area contributed by atoms with Gasteiger partial charge in [-0.3, -0.25) is 9.59 Å². The van der Waals surface area contributed by atoms with Crippen LogP contribution in [-0.4, -0.2) is 15.9 Å². The maximum absolute atomic E-state index is 12.3. The fourth-order valence-electron chi connectivity index (χ4n) is 2.69. The van der Waals surface area contributed by atoms with Gasteiger partial charge in [0.05, 0.1) is 0 Å². The predicted octanol–water partition coefficient (Wildman–Crippen LogP) is 2.83. The minimum absolute atomic E-state index is 0.0895. The standard InChI is InChI=1S/C18H23N3O2/c1-5-14-8-6-7-11(2)17(14)21-16(22)10-9-15-12(3)19-13(4)20-18(15)23/h6-8H,5,9-10H2,1-4H3,(H,21,22)(H,19,20,23). The van der Waals surface area contributed by atoms with Gasteiger partial charge in [0, 0.05) is 23.4 Å². The van der Waals surface area contributed by atoms with Crippen molar-refractivity contribution in [3.05, 3.63) is 56.8 Å².